The third-order valence-electron chi connectivity index (χ3n) is 6.08. The van der Waals surface area contributed by atoms with Crippen LogP contribution in [0.25, 0.3) is 10.9 Å². The predicted octanol–water partition coefficient (Wildman–Crippen LogP) is 2.91. The van der Waals surface area contributed by atoms with Crippen LogP contribution in [0, 0.1) is 10.8 Å². The second kappa shape index (κ2) is 11.7. The van der Waals surface area contributed by atoms with Crippen LogP contribution >= 0.6 is 0 Å². The molecule has 1 amide bonds. The third kappa shape index (κ3) is 6.32. The van der Waals surface area contributed by atoms with Gasteiger partial charge in [-0.3, -0.25) is 20.5 Å². The lowest BCUT2D eigenvalue weighted by molar-refractivity contribution is -0.115. The predicted molar refractivity (Wildman–Crippen MR) is 130 cm³/mol. The number of H-pyrrole nitrogens is 1. The number of fused-ring (bicyclic) bond motifs is 1. The summed E-state index contributed by atoms with van der Waals surface area (Å²) in [5.74, 6) is -0.602. The zero-order valence-electron chi connectivity index (χ0n) is 19.3. The molecule has 1 atom stereocenters. The molecule has 1 unspecified atom stereocenters. The first-order valence-corrected chi connectivity index (χ1v) is 11.8. The zero-order chi connectivity index (χ0) is 22.9. The first-order valence-electron chi connectivity index (χ1n) is 11.8. The monoisotopic (exact) mass is 439 g/mol. The molecule has 8 nitrogen and oxygen atoms in total. The van der Waals surface area contributed by atoms with Gasteiger partial charge in [-0.25, -0.2) is 0 Å². The van der Waals surface area contributed by atoms with Gasteiger partial charge >= 0.3 is 0 Å². The fourth-order valence-electron chi connectivity index (χ4n) is 4.26. The van der Waals surface area contributed by atoms with Crippen molar-refractivity contribution in [1.29, 1.82) is 10.8 Å². The van der Waals surface area contributed by atoms with Gasteiger partial charge in [-0.1, -0.05) is 44.9 Å². The number of piperazine rings is 1. The highest BCUT2D eigenvalue weighted by molar-refractivity contribution is 6.39. The number of aromatic amines is 1. The van der Waals surface area contributed by atoms with Crippen molar-refractivity contribution in [2.75, 3.05) is 32.7 Å². The van der Waals surface area contributed by atoms with Crippen LogP contribution in [0.1, 0.15) is 45.1 Å². The Hall–Kier alpha value is -2.87. The van der Waals surface area contributed by atoms with Crippen LogP contribution in [-0.4, -0.2) is 71.3 Å². The smallest absolute Gasteiger partial charge is 0.286 e. The van der Waals surface area contributed by atoms with Crippen molar-refractivity contribution >= 4 is 28.6 Å². The molecule has 1 saturated heterocycles. The van der Waals surface area contributed by atoms with E-state index in [0.717, 1.165) is 63.9 Å². The Bertz CT molecular complexity index is 914. The Morgan fingerprint density at radius 1 is 1.12 bits per heavy atom. The number of rotatable bonds is 8. The number of aromatic nitrogens is 1. The van der Waals surface area contributed by atoms with Crippen molar-refractivity contribution in [3.8, 4) is 0 Å². The first kappa shape index (κ1) is 23.8. The van der Waals surface area contributed by atoms with Gasteiger partial charge < -0.3 is 20.5 Å². The molecular formula is C24H37N7O. The normalized spacial score (nSPS) is 15.5. The number of benzene rings is 1. The van der Waals surface area contributed by atoms with Crippen LogP contribution in [0.5, 0.6) is 0 Å². The van der Waals surface area contributed by atoms with E-state index in [-0.39, 0.29) is 17.8 Å². The van der Waals surface area contributed by atoms with Crippen LogP contribution < -0.4 is 10.6 Å². The van der Waals surface area contributed by atoms with E-state index in [1.807, 2.05) is 29.3 Å². The van der Waals surface area contributed by atoms with E-state index >= 15 is 0 Å². The van der Waals surface area contributed by atoms with Gasteiger partial charge in [0, 0.05) is 49.3 Å². The SMILES string of the molecule is CCCCC(Cc1c[nH]c2ccccc12)NC(=O)C(=N)NC(=N)N1CCN(CCC)CC1. The lowest BCUT2D eigenvalue weighted by Crippen LogP contribution is -2.55. The van der Waals surface area contributed by atoms with Crippen LogP contribution in [0.4, 0.5) is 0 Å². The molecule has 0 spiro atoms. The van der Waals surface area contributed by atoms with E-state index < -0.39 is 5.91 Å². The Morgan fingerprint density at radius 3 is 2.59 bits per heavy atom. The highest BCUT2D eigenvalue weighted by Gasteiger charge is 2.22. The van der Waals surface area contributed by atoms with Crippen molar-refractivity contribution in [3.63, 3.8) is 0 Å². The maximum atomic E-state index is 12.7. The summed E-state index contributed by atoms with van der Waals surface area (Å²) in [5.41, 5.74) is 2.25. The Balaban J connectivity index is 1.54. The Kier molecular flexibility index (Phi) is 8.67. The third-order valence-corrected chi connectivity index (χ3v) is 6.08. The fourth-order valence-corrected chi connectivity index (χ4v) is 4.26. The Morgan fingerprint density at radius 2 is 1.88 bits per heavy atom. The summed E-state index contributed by atoms with van der Waals surface area (Å²) in [7, 11) is 0. The standard InChI is InChI=1S/C24H37N7O/c1-3-5-8-19(16-18-17-27-21-10-7-6-9-20(18)21)28-23(32)22(25)29-24(26)31-14-12-30(11-4-2)13-15-31/h6-7,9-10,17,19,27H,3-5,8,11-16H2,1-2H3,(H,28,32)(H3,25,26,29). The minimum Gasteiger partial charge on any atom is -0.361 e. The van der Waals surface area contributed by atoms with Crippen LogP contribution in [0.3, 0.4) is 0 Å². The molecule has 32 heavy (non-hydrogen) atoms. The maximum absolute atomic E-state index is 12.7. The summed E-state index contributed by atoms with van der Waals surface area (Å²) in [5, 5.41) is 23.4. The number of guanidine groups is 1. The van der Waals surface area contributed by atoms with E-state index in [2.05, 4.69) is 40.4 Å². The number of amidine groups is 1. The second-order valence-corrected chi connectivity index (χ2v) is 8.55. The van der Waals surface area contributed by atoms with Gasteiger partial charge in [0.15, 0.2) is 11.8 Å². The molecular weight excluding hydrogens is 402 g/mol. The van der Waals surface area contributed by atoms with Gasteiger partial charge in [-0.15, -0.1) is 0 Å². The van der Waals surface area contributed by atoms with Crippen LogP contribution in [0.15, 0.2) is 30.5 Å². The van der Waals surface area contributed by atoms with Gasteiger partial charge in [0.05, 0.1) is 0 Å². The molecule has 2 heterocycles. The molecule has 0 radical (unpaired) electrons. The minimum absolute atomic E-state index is 0.0596. The quantitative estimate of drug-likeness (QED) is 0.322. The highest BCUT2D eigenvalue weighted by atomic mass is 16.2. The lowest BCUT2D eigenvalue weighted by atomic mass is 10.0. The van der Waals surface area contributed by atoms with Crippen molar-refractivity contribution in [2.45, 2.75) is 52.0 Å². The number of carbonyl (C=O) groups is 1. The first-order chi connectivity index (χ1) is 15.5. The average Bonchev–Trinajstić information content (AvgIpc) is 3.20. The summed E-state index contributed by atoms with van der Waals surface area (Å²) in [6.07, 6.45) is 6.74. The van der Waals surface area contributed by atoms with E-state index in [1.165, 1.54) is 10.9 Å². The number of nitrogens with zero attached hydrogens (tertiary/aromatic N) is 2. The molecule has 0 bridgehead atoms. The molecule has 2 aromatic rings. The zero-order valence-corrected chi connectivity index (χ0v) is 19.3. The van der Waals surface area contributed by atoms with Crippen LogP contribution in [-0.2, 0) is 11.2 Å². The molecule has 174 valence electrons. The van der Waals surface area contributed by atoms with E-state index in [9.17, 15) is 4.79 Å². The maximum Gasteiger partial charge on any atom is 0.286 e. The summed E-state index contributed by atoms with van der Waals surface area (Å²) in [4.78, 5) is 20.3. The molecule has 5 N–H and O–H groups in total. The van der Waals surface area contributed by atoms with Gasteiger partial charge in [-0.05, 0) is 37.4 Å². The number of nitrogens with one attached hydrogen (secondary N) is 5. The molecule has 1 fully saturated rings. The molecule has 0 saturated carbocycles. The number of unbranched alkanes of at least 4 members (excludes halogenated alkanes) is 1. The van der Waals surface area contributed by atoms with E-state index in [1.54, 1.807) is 0 Å². The van der Waals surface area contributed by atoms with E-state index in [0.29, 0.717) is 6.42 Å². The molecule has 1 aliphatic rings. The molecule has 0 aliphatic carbocycles. The van der Waals surface area contributed by atoms with Crippen molar-refractivity contribution in [3.05, 3.63) is 36.0 Å². The van der Waals surface area contributed by atoms with Crippen LogP contribution in [0.2, 0.25) is 0 Å². The number of hydrogen-bond acceptors (Lipinski definition) is 4. The number of amides is 1. The molecule has 3 rings (SSSR count). The molecule has 1 aromatic carbocycles. The molecule has 8 heteroatoms. The molecule has 1 aliphatic heterocycles. The number of carbonyl (C=O) groups excluding carboxylic acids is 1. The molecule has 1 aromatic heterocycles. The Labute approximate surface area is 190 Å². The summed E-state index contributed by atoms with van der Waals surface area (Å²) >= 11 is 0. The highest BCUT2D eigenvalue weighted by Crippen LogP contribution is 2.20. The van der Waals surface area contributed by atoms with Crippen molar-refractivity contribution in [1.82, 2.24) is 25.4 Å². The van der Waals surface area contributed by atoms with Gasteiger partial charge in [-0.2, -0.15) is 0 Å². The van der Waals surface area contributed by atoms with Gasteiger partial charge in [0.1, 0.15) is 0 Å². The topological polar surface area (TPSA) is 111 Å². The van der Waals surface area contributed by atoms with Crippen molar-refractivity contribution < 1.29 is 4.79 Å². The van der Waals surface area contributed by atoms with E-state index in [4.69, 9.17) is 10.8 Å². The minimum atomic E-state index is -0.458. The summed E-state index contributed by atoms with van der Waals surface area (Å²) in [6, 6.07) is 8.10. The van der Waals surface area contributed by atoms with Gasteiger partial charge in [0.25, 0.3) is 5.91 Å². The number of hydrogen-bond donors (Lipinski definition) is 5. The number of para-hydroxylation sites is 1. The van der Waals surface area contributed by atoms with Gasteiger partial charge in [0.2, 0.25) is 0 Å². The fraction of sp³-hybridized carbons (Fsp3) is 0.542. The van der Waals surface area contributed by atoms with Crippen molar-refractivity contribution in [2.24, 2.45) is 0 Å². The largest absolute Gasteiger partial charge is 0.361 e. The summed E-state index contributed by atoms with van der Waals surface area (Å²) < 4.78 is 0. The summed E-state index contributed by atoms with van der Waals surface area (Å²) in [6.45, 7) is 8.66. The lowest BCUT2D eigenvalue weighted by Gasteiger charge is -2.35. The average molecular weight is 440 g/mol. The second-order valence-electron chi connectivity index (χ2n) is 8.55.